The van der Waals surface area contributed by atoms with Gasteiger partial charge in [0.25, 0.3) is 0 Å². The number of carboxylic acids is 1. The standard InChI is InChI=1S/C31H36ClN5O3/c1-7-23-17-37(16-22-14-33-27(32)13-26(22)40-23)15-21-12-20(9-8-18(21)2)28(31(4,5)30(38)39)24-10-11-25-29(19(24)3)34-35-36(25)6/h8-14,23,28H,7,15-17H2,1-6H3,(H,38,39)/t23-,28+/m1/s1. The zero-order valence-corrected chi connectivity index (χ0v) is 24.7. The fraction of sp³-hybridized carbons (Fsp3) is 0.419. The molecule has 0 spiro atoms. The summed E-state index contributed by atoms with van der Waals surface area (Å²) in [6.07, 6.45) is 2.69. The van der Waals surface area contributed by atoms with Crippen molar-refractivity contribution in [1.29, 1.82) is 0 Å². The van der Waals surface area contributed by atoms with E-state index in [2.05, 4.69) is 52.2 Å². The quantitative estimate of drug-likeness (QED) is 0.274. The second kappa shape index (κ2) is 10.8. The molecule has 0 saturated heterocycles. The van der Waals surface area contributed by atoms with E-state index < -0.39 is 17.3 Å². The van der Waals surface area contributed by atoms with Crippen molar-refractivity contribution >= 4 is 28.6 Å². The summed E-state index contributed by atoms with van der Waals surface area (Å²) in [7, 11) is 1.86. The van der Waals surface area contributed by atoms with Gasteiger partial charge in [-0.3, -0.25) is 9.69 Å². The average molecular weight is 562 g/mol. The highest BCUT2D eigenvalue weighted by molar-refractivity contribution is 6.29. The van der Waals surface area contributed by atoms with Gasteiger partial charge in [0.1, 0.15) is 22.5 Å². The summed E-state index contributed by atoms with van der Waals surface area (Å²) in [6.45, 7) is 12.0. The molecule has 8 nitrogen and oxygen atoms in total. The van der Waals surface area contributed by atoms with Crippen LogP contribution in [0.4, 0.5) is 0 Å². The van der Waals surface area contributed by atoms with E-state index in [0.717, 1.165) is 63.1 Å². The molecule has 1 aliphatic heterocycles. The molecule has 4 aromatic rings. The van der Waals surface area contributed by atoms with Gasteiger partial charge in [0.15, 0.2) is 0 Å². The summed E-state index contributed by atoms with van der Waals surface area (Å²) in [4.78, 5) is 19.3. The van der Waals surface area contributed by atoms with Gasteiger partial charge in [0.2, 0.25) is 0 Å². The fourth-order valence-electron chi connectivity index (χ4n) is 5.77. The Hall–Kier alpha value is -3.49. The number of rotatable bonds is 7. The van der Waals surface area contributed by atoms with Crippen LogP contribution in [0.1, 0.15) is 66.5 Å². The molecule has 40 heavy (non-hydrogen) atoms. The highest BCUT2D eigenvalue weighted by Crippen LogP contribution is 2.44. The van der Waals surface area contributed by atoms with E-state index in [0.29, 0.717) is 18.2 Å². The molecular formula is C31H36ClN5O3. The van der Waals surface area contributed by atoms with Crippen LogP contribution < -0.4 is 4.74 Å². The first-order chi connectivity index (χ1) is 19.0. The number of pyridine rings is 1. The van der Waals surface area contributed by atoms with Crippen LogP contribution in [0.15, 0.2) is 42.6 Å². The Bertz CT molecular complexity index is 1580. The Morgan fingerprint density at radius 1 is 1.23 bits per heavy atom. The summed E-state index contributed by atoms with van der Waals surface area (Å²) < 4.78 is 8.02. The molecule has 3 heterocycles. The fourth-order valence-corrected chi connectivity index (χ4v) is 5.91. The summed E-state index contributed by atoms with van der Waals surface area (Å²) >= 11 is 6.15. The smallest absolute Gasteiger partial charge is 0.310 e. The zero-order chi connectivity index (χ0) is 28.8. The summed E-state index contributed by atoms with van der Waals surface area (Å²) in [5.74, 6) is -0.451. The number of hydrogen-bond donors (Lipinski definition) is 1. The number of carbonyl (C=O) groups is 1. The van der Waals surface area contributed by atoms with Gasteiger partial charge in [-0.25, -0.2) is 9.67 Å². The van der Waals surface area contributed by atoms with Crippen molar-refractivity contribution < 1.29 is 14.6 Å². The number of halogens is 1. The highest BCUT2D eigenvalue weighted by Gasteiger charge is 2.40. The number of aryl methyl sites for hydroxylation is 3. The maximum atomic E-state index is 12.6. The number of hydrogen-bond acceptors (Lipinski definition) is 6. The van der Waals surface area contributed by atoms with Crippen molar-refractivity contribution in [1.82, 2.24) is 24.9 Å². The molecule has 0 amide bonds. The molecule has 2 aromatic carbocycles. The van der Waals surface area contributed by atoms with Crippen LogP contribution in [0.25, 0.3) is 11.0 Å². The van der Waals surface area contributed by atoms with Crippen LogP contribution in [0.3, 0.4) is 0 Å². The van der Waals surface area contributed by atoms with Gasteiger partial charge in [-0.2, -0.15) is 0 Å². The number of benzene rings is 2. The lowest BCUT2D eigenvalue weighted by Crippen LogP contribution is -2.33. The maximum absolute atomic E-state index is 12.6. The second-order valence-corrected chi connectivity index (χ2v) is 11.8. The number of fused-ring (bicyclic) bond motifs is 2. The monoisotopic (exact) mass is 561 g/mol. The summed E-state index contributed by atoms with van der Waals surface area (Å²) in [6, 6.07) is 12.2. The molecule has 0 unspecified atom stereocenters. The molecule has 0 aliphatic carbocycles. The van der Waals surface area contributed by atoms with E-state index in [1.807, 2.05) is 26.1 Å². The molecule has 5 rings (SSSR count). The number of nitrogens with zero attached hydrogens (tertiary/aromatic N) is 5. The lowest BCUT2D eigenvalue weighted by atomic mass is 9.69. The van der Waals surface area contributed by atoms with E-state index in [-0.39, 0.29) is 6.10 Å². The Kier molecular flexibility index (Phi) is 7.59. The molecule has 1 aliphatic rings. The van der Waals surface area contributed by atoms with Gasteiger partial charge < -0.3 is 9.84 Å². The van der Waals surface area contributed by atoms with E-state index in [9.17, 15) is 9.90 Å². The van der Waals surface area contributed by atoms with E-state index in [4.69, 9.17) is 16.3 Å². The van der Waals surface area contributed by atoms with Gasteiger partial charge in [0, 0.05) is 50.4 Å². The molecule has 0 fully saturated rings. The van der Waals surface area contributed by atoms with Gasteiger partial charge in [-0.15, -0.1) is 5.10 Å². The van der Waals surface area contributed by atoms with Crippen LogP contribution in [0.2, 0.25) is 5.15 Å². The average Bonchev–Trinajstić information content (AvgIpc) is 3.19. The van der Waals surface area contributed by atoms with Crippen LogP contribution in [0.5, 0.6) is 5.75 Å². The lowest BCUT2D eigenvalue weighted by Gasteiger charge is -2.33. The van der Waals surface area contributed by atoms with Gasteiger partial charge in [-0.05, 0) is 68.0 Å². The minimum Gasteiger partial charge on any atom is -0.489 e. The van der Waals surface area contributed by atoms with Gasteiger partial charge >= 0.3 is 5.97 Å². The second-order valence-electron chi connectivity index (χ2n) is 11.4. The van der Waals surface area contributed by atoms with Crippen molar-refractivity contribution in [2.45, 2.75) is 66.2 Å². The molecule has 2 atom stereocenters. The Labute approximate surface area is 239 Å². The first kappa shape index (κ1) is 28.1. The summed E-state index contributed by atoms with van der Waals surface area (Å²) in [5.41, 5.74) is 6.82. The summed E-state index contributed by atoms with van der Waals surface area (Å²) in [5, 5.41) is 19.3. The molecule has 210 valence electrons. The third-order valence-corrected chi connectivity index (χ3v) is 8.49. The molecule has 0 radical (unpaired) electrons. The Morgan fingerprint density at radius 2 is 2.00 bits per heavy atom. The predicted molar refractivity (Wildman–Crippen MR) is 156 cm³/mol. The minimum absolute atomic E-state index is 0.0308. The molecular weight excluding hydrogens is 526 g/mol. The predicted octanol–water partition coefficient (Wildman–Crippen LogP) is 6.05. The zero-order valence-electron chi connectivity index (χ0n) is 23.9. The third-order valence-electron chi connectivity index (χ3n) is 8.28. The van der Waals surface area contributed by atoms with Crippen molar-refractivity contribution in [2.24, 2.45) is 12.5 Å². The van der Waals surface area contributed by atoms with Gasteiger partial charge in [0.05, 0.1) is 10.9 Å². The van der Waals surface area contributed by atoms with Crippen LogP contribution >= 0.6 is 11.6 Å². The normalized spacial score (nSPS) is 16.8. The molecule has 0 bridgehead atoms. The number of aliphatic carboxylic acids is 1. The number of carboxylic acid groups (broad SMARTS) is 1. The van der Waals surface area contributed by atoms with Crippen LogP contribution in [-0.4, -0.2) is 48.6 Å². The maximum Gasteiger partial charge on any atom is 0.310 e. The highest BCUT2D eigenvalue weighted by atomic mass is 35.5. The largest absolute Gasteiger partial charge is 0.489 e. The minimum atomic E-state index is -1.07. The van der Waals surface area contributed by atoms with Crippen molar-refractivity contribution in [3.63, 3.8) is 0 Å². The van der Waals surface area contributed by atoms with E-state index >= 15 is 0 Å². The first-order valence-electron chi connectivity index (χ1n) is 13.6. The van der Waals surface area contributed by atoms with Crippen molar-refractivity contribution in [2.75, 3.05) is 6.54 Å². The number of ether oxygens (including phenoxy) is 1. The molecule has 0 saturated carbocycles. The lowest BCUT2D eigenvalue weighted by molar-refractivity contribution is -0.147. The molecule has 9 heteroatoms. The topological polar surface area (TPSA) is 93.4 Å². The Morgan fingerprint density at radius 3 is 2.73 bits per heavy atom. The van der Waals surface area contributed by atoms with E-state index in [1.54, 1.807) is 30.8 Å². The third kappa shape index (κ3) is 5.18. The van der Waals surface area contributed by atoms with Crippen LogP contribution in [-0.2, 0) is 24.9 Å². The van der Waals surface area contributed by atoms with Gasteiger partial charge in [-0.1, -0.05) is 48.0 Å². The van der Waals surface area contributed by atoms with Crippen molar-refractivity contribution in [3.05, 3.63) is 81.1 Å². The molecule has 2 aromatic heterocycles. The molecule has 1 N–H and O–H groups in total. The Balaban J connectivity index is 1.56. The van der Waals surface area contributed by atoms with Crippen LogP contribution in [0, 0.1) is 19.3 Å². The SMILES string of the molecule is CC[C@@H]1CN(Cc2cc([C@@H](c3ccc4c(nnn4C)c3C)C(C)(C)C(=O)O)ccc2C)Cc2cnc(Cl)cc2O1. The van der Waals surface area contributed by atoms with Crippen molar-refractivity contribution in [3.8, 4) is 5.75 Å². The van der Waals surface area contributed by atoms with E-state index in [1.165, 1.54) is 0 Å². The first-order valence-corrected chi connectivity index (χ1v) is 14.0. The number of aromatic nitrogens is 4.